The molecular formula is C22H36IN3O4. The largest absolute Gasteiger partial charge is 0.494 e. The number of methoxy groups -OCH3 is 1. The summed E-state index contributed by atoms with van der Waals surface area (Å²) >= 11 is 0. The second-order valence-electron chi connectivity index (χ2n) is 7.70. The van der Waals surface area contributed by atoms with Crippen molar-refractivity contribution in [2.75, 3.05) is 53.7 Å². The first-order valence-corrected chi connectivity index (χ1v) is 10.6. The lowest BCUT2D eigenvalue weighted by molar-refractivity contribution is 0.0536. The molecule has 1 saturated heterocycles. The Bertz CT molecular complexity index is 701. The van der Waals surface area contributed by atoms with Crippen molar-refractivity contribution in [2.45, 2.75) is 39.3 Å². The van der Waals surface area contributed by atoms with Gasteiger partial charge < -0.3 is 29.2 Å². The SMILES string of the molecule is CCOc1cc2c(cc1CNC(=NC)N1CCC(COCCOC)C1)OC(C)C2.I. The quantitative estimate of drug-likeness (QED) is 0.228. The topological polar surface area (TPSA) is 64.6 Å². The summed E-state index contributed by atoms with van der Waals surface area (Å²) in [5.41, 5.74) is 2.32. The number of fused-ring (bicyclic) bond motifs is 1. The molecule has 1 aromatic rings. The average Bonchev–Trinajstić information content (AvgIpc) is 3.31. The van der Waals surface area contributed by atoms with Crippen LogP contribution in [0.25, 0.3) is 0 Å². The molecule has 30 heavy (non-hydrogen) atoms. The van der Waals surface area contributed by atoms with E-state index in [1.54, 1.807) is 7.11 Å². The molecule has 3 rings (SSSR count). The first kappa shape index (κ1) is 25.0. The number of ether oxygens (including phenoxy) is 4. The zero-order chi connectivity index (χ0) is 20.6. The molecule has 0 aromatic heterocycles. The van der Waals surface area contributed by atoms with Crippen molar-refractivity contribution in [3.63, 3.8) is 0 Å². The number of likely N-dealkylation sites (tertiary alicyclic amines) is 1. The number of nitrogens with zero attached hydrogens (tertiary/aromatic N) is 2. The molecule has 0 bridgehead atoms. The van der Waals surface area contributed by atoms with Crippen molar-refractivity contribution < 1.29 is 18.9 Å². The van der Waals surface area contributed by atoms with Crippen molar-refractivity contribution in [2.24, 2.45) is 10.9 Å². The van der Waals surface area contributed by atoms with Crippen LogP contribution in [0.2, 0.25) is 0 Å². The van der Waals surface area contributed by atoms with E-state index in [4.69, 9.17) is 18.9 Å². The maximum Gasteiger partial charge on any atom is 0.193 e. The van der Waals surface area contributed by atoms with Crippen molar-refractivity contribution in [3.05, 3.63) is 23.3 Å². The lowest BCUT2D eigenvalue weighted by Gasteiger charge is -2.22. The molecule has 2 aliphatic heterocycles. The molecule has 170 valence electrons. The van der Waals surface area contributed by atoms with Gasteiger partial charge in [-0.05, 0) is 32.4 Å². The van der Waals surface area contributed by atoms with Gasteiger partial charge in [0.05, 0.1) is 26.4 Å². The van der Waals surface area contributed by atoms with Gasteiger partial charge in [0.15, 0.2) is 5.96 Å². The fourth-order valence-electron chi connectivity index (χ4n) is 3.97. The highest BCUT2D eigenvalue weighted by Gasteiger charge is 2.26. The Hall–Kier alpha value is -1.26. The smallest absolute Gasteiger partial charge is 0.193 e. The molecule has 2 aliphatic rings. The van der Waals surface area contributed by atoms with Gasteiger partial charge in [-0.15, -0.1) is 24.0 Å². The second-order valence-corrected chi connectivity index (χ2v) is 7.70. The molecule has 1 N–H and O–H groups in total. The van der Waals surface area contributed by atoms with Crippen molar-refractivity contribution in [1.82, 2.24) is 10.2 Å². The number of rotatable bonds is 9. The Balaban J connectivity index is 0.00000320. The van der Waals surface area contributed by atoms with Gasteiger partial charge in [-0.2, -0.15) is 0 Å². The predicted octanol–water partition coefficient (Wildman–Crippen LogP) is 3.09. The van der Waals surface area contributed by atoms with Gasteiger partial charge in [0.2, 0.25) is 0 Å². The third-order valence-electron chi connectivity index (χ3n) is 5.40. The summed E-state index contributed by atoms with van der Waals surface area (Å²) in [7, 11) is 3.53. The van der Waals surface area contributed by atoms with Crippen LogP contribution in [0.1, 0.15) is 31.4 Å². The van der Waals surface area contributed by atoms with Crippen LogP contribution >= 0.6 is 24.0 Å². The summed E-state index contributed by atoms with van der Waals surface area (Å²) in [6.07, 6.45) is 2.28. The number of guanidine groups is 1. The molecule has 2 unspecified atom stereocenters. The molecule has 0 radical (unpaired) electrons. The third kappa shape index (κ3) is 6.62. The van der Waals surface area contributed by atoms with E-state index in [0.29, 0.717) is 32.3 Å². The predicted molar refractivity (Wildman–Crippen MR) is 129 cm³/mol. The Morgan fingerprint density at radius 1 is 1.33 bits per heavy atom. The monoisotopic (exact) mass is 533 g/mol. The molecular weight excluding hydrogens is 497 g/mol. The van der Waals surface area contributed by atoms with Crippen LogP contribution in [0.4, 0.5) is 0 Å². The van der Waals surface area contributed by atoms with Crippen molar-refractivity contribution >= 4 is 29.9 Å². The molecule has 8 heteroatoms. The van der Waals surface area contributed by atoms with E-state index in [1.165, 1.54) is 5.56 Å². The molecule has 2 heterocycles. The summed E-state index contributed by atoms with van der Waals surface area (Å²) < 4.78 is 22.6. The zero-order valence-electron chi connectivity index (χ0n) is 18.6. The van der Waals surface area contributed by atoms with E-state index in [9.17, 15) is 0 Å². The minimum atomic E-state index is 0. The van der Waals surface area contributed by atoms with E-state index in [-0.39, 0.29) is 30.1 Å². The molecule has 0 aliphatic carbocycles. The molecule has 2 atom stereocenters. The van der Waals surface area contributed by atoms with Gasteiger partial charge in [0.25, 0.3) is 0 Å². The normalized spacial score (nSPS) is 20.5. The van der Waals surface area contributed by atoms with Crippen LogP contribution in [-0.4, -0.2) is 70.6 Å². The van der Waals surface area contributed by atoms with Gasteiger partial charge >= 0.3 is 0 Å². The molecule has 0 spiro atoms. The lowest BCUT2D eigenvalue weighted by Crippen LogP contribution is -2.40. The summed E-state index contributed by atoms with van der Waals surface area (Å²) in [5.74, 6) is 3.35. The lowest BCUT2D eigenvalue weighted by atomic mass is 10.1. The van der Waals surface area contributed by atoms with E-state index in [1.807, 2.05) is 14.0 Å². The molecule has 7 nitrogen and oxygen atoms in total. The number of halogens is 1. The van der Waals surface area contributed by atoms with E-state index in [0.717, 1.165) is 55.6 Å². The van der Waals surface area contributed by atoms with Crippen LogP contribution < -0.4 is 14.8 Å². The Kier molecular flexibility index (Phi) is 10.5. The highest BCUT2D eigenvalue weighted by Crippen LogP contribution is 2.35. The summed E-state index contributed by atoms with van der Waals surface area (Å²) in [4.78, 5) is 6.79. The van der Waals surface area contributed by atoms with Gasteiger partial charge in [-0.1, -0.05) is 0 Å². The fraction of sp³-hybridized carbons (Fsp3) is 0.682. The summed E-state index contributed by atoms with van der Waals surface area (Å²) in [6, 6.07) is 4.24. The number of aliphatic imine (C=N–C) groups is 1. The Labute approximate surface area is 197 Å². The first-order valence-electron chi connectivity index (χ1n) is 10.6. The van der Waals surface area contributed by atoms with Crippen LogP contribution in [0, 0.1) is 5.92 Å². The summed E-state index contributed by atoms with van der Waals surface area (Å²) in [5, 5.41) is 3.51. The molecule has 0 amide bonds. The minimum absolute atomic E-state index is 0. The van der Waals surface area contributed by atoms with Gasteiger partial charge in [-0.3, -0.25) is 4.99 Å². The van der Waals surface area contributed by atoms with E-state index in [2.05, 4.69) is 34.3 Å². The van der Waals surface area contributed by atoms with Crippen LogP contribution in [0.15, 0.2) is 17.1 Å². The number of hydrogen-bond acceptors (Lipinski definition) is 5. The minimum Gasteiger partial charge on any atom is -0.494 e. The number of hydrogen-bond donors (Lipinski definition) is 1. The highest BCUT2D eigenvalue weighted by molar-refractivity contribution is 14.0. The summed E-state index contributed by atoms with van der Waals surface area (Å²) in [6.45, 7) is 9.42. The maximum absolute atomic E-state index is 5.94. The fourth-order valence-corrected chi connectivity index (χ4v) is 3.97. The van der Waals surface area contributed by atoms with Crippen molar-refractivity contribution in [3.8, 4) is 11.5 Å². The molecule has 1 fully saturated rings. The van der Waals surface area contributed by atoms with Crippen LogP contribution in [0.5, 0.6) is 11.5 Å². The maximum atomic E-state index is 5.94. The number of benzene rings is 1. The third-order valence-corrected chi connectivity index (χ3v) is 5.40. The van der Waals surface area contributed by atoms with E-state index >= 15 is 0 Å². The van der Waals surface area contributed by atoms with Gasteiger partial charge in [0.1, 0.15) is 17.6 Å². The zero-order valence-corrected chi connectivity index (χ0v) is 20.9. The van der Waals surface area contributed by atoms with E-state index < -0.39 is 0 Å². The van der Waals surface area contributed by atoms with Gasteiger partial charge in [-0.25, -0.2) is 0 Å². The molecule has 0 saturated carbocycles. The average molecular weight is 533 g/mol. The van der Waals surface area contributed by atoms with Gasteiger partial charge in [0, 0.05) is 57.3 Å². The van der Waals surface area contributed by atoms with Crippen molar-refractivity contribution in [1.29, 1.82) is 0 Å². The van der Waals surface area contributed by atoms with Crippen LogP contribution in [0.3, 0.4) is 0 Å². The van der Waals surface area contributed by atoms with Crippen LogP contribution in [-0.2, 0) is 22.4 Å². The number of nitrogens with one attached hydrogen (secondary N) is 1. The second kappa shape index (κ2) is 12.6. The first-order chi connectivity index (χ1) is 14.1. The standard InChI is InChI=1S/C22H35N3O4.HI/c1-5-28-20-11-18-10-16(2)29-21(18)12-19(20)13-24-22(23-3)25-7-6-17(14-25)15-27-9-8-26-4;/h11-12,16-17H,5-10,13-15H2,1-4H3,(H,23,24);1H. The highest BCUT2D eigenvalue weighted by atomic mass is 127. The Morgan fingerprint density at radius 3 is 2.90 bits per heavy atom. The Morgan fingerprint density at radius 2 is 2.17 bits per heavy atom. The molecule has 1 aromatic carbocycles.